The van der Waals surface area contributed by atoms with E-state index in [4.69, 9.17) is 26.7 Å². The zero-order valence-electron chi connectivity index (χ0n) is 67.4. The van der Waals surface area contributed by atoms with Crippen LogP contribution in [0.5, 0.6) is 5.75 Å². The summed E-state index contributed by atoms with van der Waals surface area (Å²) in [4.78, 5) is 192. The van der Waals surface area contributed by atoms with Gasteiger partial charge < -0.3 is 105 Å². The quantitative estimate of drug-likeness (QED) is 0.0212. The number of unbranched alkanes of at least 4 members (excludes halogenated alkanes) is 5. The minimum absolute atomic E-state index is 0.0105. The summed E-state index contributed by atoms with van der Waals surface area (Å²) in [6.07, 6.45) is -2.30. The van der Waals surface area contributed by atoms with Crippen molar-refractivity contribution in [1.82, 2.24) is 73.1 Å². The third kappa shape index (κ3) is 29.6. The van der Waals surface area contributed by atoms with E-state index in [1.807, 2.05) is 0 Å². The van der Waals surface area contributed by atoms with Gasteiger partial charge in [0.2, 0.25) is 76.8 Å². The number of nitrogens with two attached hydrogens (primary N) is 3. The van der Waals surface area contributed by atoms with Crippen LogP contribution in [-0.4, -0.2) is 234 Å². The molecule has 0 saturated carbocycles. The molecule has 20 N–H and O–H groups in total. The number of aliphatic hydroxyl groups is 3. The number of amides is 13. The number of primary amides is 2. The van der Waals surface area contributed by atoms with Crippen molar-refractivity contribution in [3.8, 4) is 5.75 Å². The van der Waals surface area contributed by atoms with Crippen LogP contribution >= 0.6 is 0 Å². The summed E-state index contributed by atoms with van der Waals surface area (Å²) in [6.45, 7) is 4.57. The molecule has 646 valence electrons. The normalized spacial score (nSPS) is 25.0. The monoisotopic (exact) mass is 1650 g/mol. The predicted molar refractivity (Wildman–Crippen MR) is 432 cm³/mol. The second-order valence-corrected chi connectivity index (χ2v) is 30.8. The van der Waals surface area contributed by atoms with Crippen molar-refractivity contribution < 1.29 is 92.2 Å². The molecule has 0 bridgehead atoms. The Hall–Kier alpha value is -11.3. The maximum absolute atomic E-state index is 15.4. The van der Waals surface area contributed by atoms with E-state index in [2.05, 4.69) is 70.4 Å². The number of ether oxygens (including phenoxy) is 2. The Morgan fingerprint density at radius 2 is 1.01 bits per heavy atom. The Kier molecular flexibility index (Phi) is 37.1. The van der Waals surface area contributed by atoms with Gasteiger partial charge in [-0.1, -0.05) is 161 Å². The highest BCUT2D eigenvalue weighted by atomic mass is 16.7. The highest BCUT2D eigenvalue weighted by Gasteiger charge is 2.47. The van der Waals surface area contributed by atoms with Gasteiger partial charge in [-0.3, -0.25) is 62.3 Å². The number of hydrogen-bond donors (Lipinski definition) is 17. The van der Waals surface area contributed by atoms with Crippen LogP contribution in [0.15, 0.2) is 121 Å². The number of nitrogens with zero attached hydrogens (tertiary/aromatic N) is 4. The van der Waals surface area contributed by atoms with E-state index in [-0.39, 0.29) is 95.0 Å². The zero-order valence-corrected chi connectivity index (χ0v) is 67.4. The molecule has 0 spiro atoms. The van der Waals surface area contributed by atoms with Crippen LogP contribution in [0.1, 0.15) is 145 Å². The number of hydrogen-bond acceptors (Lipinski definition) is 22. The maximum Gasteiger partial charge on any atom is 0.246 e. The van der Waals surface area contributed by atoms with Gasteiger partial charge in [0.1, 0.15) is 90.5 Å². The predicted octanol–water partition coefficient (Wildman–Crippen LogP) is -1.52. The largest absolute Gasteiger partial charge is 0.508 e. The number of phenols is 1. The summed E-state index contributed by atoms with van der Waals surface area (Å²) in [5.41, 5.74) is 19.4. The molecule has 4 aromatic carbocycles. The van der Waals surface area contributed by atoms with Gasteiger partial charge in [-0.25, -0.2) is 4.68 Å². The Balaban J connectivity index is 1.18. The average molecular weight is 1650 g/mol. The van der Waals surface area contributed by atoms with Gasteiger partial charge in [-0.15, -0.1) is 5.10 Å². The first kappa shape index (κ1) is 93.2. The van der Waals surface area contributed by atoms with Crippen LogP contribution in [0.2, 0.25) is 0 Å². The molecule has 0 unspecified atom stereocenters. The standard InChI is InChI=1S/C83H115N17O19/c1-4-5-6-7-8-18-29-69(105)96-70-72(107)71(106)66(48-101)119-83(70)118-39-38-99-47-54(97-98-99)45-62-79(114)87-56(27-19-36-84)73(108)89-58(40-49(2)3)75(110)95-64(44-52-25-16-11-17-26-52)82(117)100-37-20-28-65(100)81(116)94-61(42-51-23-14-10-15-24-51)78(113)91-59(41-50-21-12-9-13-22-50)77(112)93-63(46-68(86)104)80(115)88-57(34-35-67(85)103)74(109)90-60(76(111)92-62)43-53-30-32-55(102)33-31-53/h9-17,21-26,30-33,47,49,56-66,70-72,83,101-102,106-107H,4-8,18-20,27-29,34-46,48,84H2,1-3H3,(H2,85,103)(H2,86,104)(H,87,114)(H,88,115)(H,89,108)(H,90,109)(H,91,113)(H,92,111)(H,93,112)(H,94,116)(H,95,110)(H,96,105)/t56-,57-,58-,59+,60-,61-,62-,63-,64+,65-,66+,70+,71+,72+,83+/m0/s1. The zero-order chi connectivity index (χ0) is 86.1. The van der Waals surface area contributed by atoms with E-state index in [0.29, 0.717) is 35.1 Å². The van der Waals surface area contributed by atoms with Crippen LogP contribution in [0, 0.1) is 5.92 Å². The molecule has 0 aliphatic carbocycles. The molecule has 36 heteroatoms. The SMILES string of the molecule is CCCCCCCCC(=O)N[C@H]1[C@H](OCCn2cc(C[C@@H]3NC(=O)[C@H](Cc4ccc(O)cc4)NC(=O)[C@H](CCC(N)=O)NC(=O)[C@H](CC(N)=O)NC(=O)[C@@H](Cc4ccccc4)NC(=O)[C@H](Cc4ccccc4)NC(=O)[C@@H]4CCCN4C(=O)[C@@H](Cc4ccccc4)NC(=O)[C@H](CC(C)C)NC(=O)[C@H](CCCN)NC3=O)nn2)O[C@H](CO)[C@@H](O)[C@@H]1O. The summed E-state index contributed by atoms with van der Waals surface area (Å²) in [5, 5.41) is 77.9. The maximum atomic E-state index is 15.4. The number of fused-ring (bicyclic) bond motifs is 1. The highest BCUT2D eigenvalue weighted by Crippen LogP contribution is 2.25. The Bertz CT molecular complexity index is 4180. The summed E-state index contributed by atoms with van der Waals surface area (Å²) in [5.74, 6) is -12.7. The number of aromatic nitrogens is 3. The molecular weight excluding hydrogens is 1540 g/mol. The van der Waals surface area contributed by atoms with Crippen LogP contribution in [0.25, 0.3) is 0 Å². The van der Waals surface area contributed by atoms with E-state index < -0.39 is 207 Å². The van der Waals surface area contributed by atoms with Crippen molar-refractivity contribution >= 4 is 76.8 Å². The van der Waals surface area contributed by atoms with E-state index in [0.717, 1.165) is 32.1 Å². The lowest BCUT2D eigenvalue weighted by Gasteiger charge is -2.42. The molecule has 5 aromatic rings. The van der Waals surface area contributed by atoms with Crippen molar-refractivity contribution in [2.45, 2.75) is 247 Å². The smallest absolute Gasteiger partial charge is 0.246 e. The molecule has 8 rings (SSSR count). The summed E-state index contributed by atoms with van der Waals surface area (Å²) < 4.78 is 13.2. The molecular formula is C83H115N17O19. The summed E-state index contributed by atoms with van der Waals surface area (Å²) in [6, 6.07) is 13.8. The van der Waals surface area contributed by atoms with Gasteiger partial charge >= 0.3 is 0 Å². The first-order valence-electron chi connectivity index (χ1n) is 40.7. The fraction of sp³-hybridized carbons (Fsp3) is 0.530. The second kappa shape index (κ2) is 47.3. The lowest BCUT2D eigenvalue weighted by atomic mass is 9.96. The van der Waals surface area contributed by atoms with Gasteiger partial charge in [0.25, 0.3) is 0 Å². The Labute approximate surface area is 690 Å². The molecule has 4 heterocycles. The molecule has 3 saturated heterocycles. The Morgan fingerprint density at radius 1 is 0.546 bits per heavy atom. The lowest BCUT2D eigenvalue weighted by molar-refractivity contribution is -0.270. The van der Waals surface area contributed by atoms with Crippen LogP contribution < -0.4 is 70.4 Å². The third-order valence-corrected chi connectivity index (χ3v) is 20.8. The van der Waals surface area contributed by atoms with Gasteiger partial charge in [-0.2, -0.15) is 0 Å². The molecule has 3 aliphatic heterocycles. The minimum atomic E-state index is -1.93. The summed E-state index contributed by atoms with van der Waals surface area (Å²) in [7, 11) is 0. The van der Waals surface area contributed by atoms with Gasteiger partial charge in [0, 0.05) is 57.7 Å². The first-order valence-corrected chi connectivity index (χ1v) is 40.7. The number of nitrogens with one attached hydrogen (secondary N) is 10. The topological polar surface area (TPSA) is 554 Å². The van der Waals surface area contributed by atoms with Crippen molar-refractivity contribution in [2.75, 3.05) is 26.3 Å². The van der Waals surface area contributed by atoms with Crippen LogP contribution in [0.4, 0.5) is 0 Å². The molecule has 0 radical (unpaired) electrons. The second-order valence-electron chi connectivity index (χ2n) is 30.8. The molecule has 15 atom stereocenters. The molecule has 119 heavy (non-hydrogen) atoms. The lowest BCUT2D eigenvalue weighted by Crippen LogP contribution is -2.64. The van der Waals surface area contributed by atoms with Crippen molar-refractivity contribution in [1.29, 1.82) is 0 Å². The van der Waals surface area contributed by atoms with Crippen LogP contribution in [-0.2, 0) is 110 Å². The minimum Gasteiger partial charge on any atom is -0.508 e. The van der Waals surface area contributed by atoms with Crippen molar-refractivity contribution in [3.05, 3.63) is 149 Å². The number of phenolic OH excluding ortho intramolecular Hbond substituents is 1. The third-order valence-electron chi connectivity index (χ3n) is 20.8. The number of carbonyl (C=O) groups excluding carboxylic acids is 13. The number of benzene rings is 4. The van der Waals surface area contributed by atoms with Gasteiger partial charge in [0.15, 0.2) is 6.29 Å². The molecule has 36 nitrogen and oxygen atoms in total. The average Bonchev–Trinajstić information content (AvgIpc) is 1.48. The fourth-order valence-corrected chi connectivity index (χ4v) is 14.4. The first-order chi connectivity index (χ1) is 57.1. The van der Waals surface area contributed by atoms with Gasteiger partial charge in [-0.05, 0) is 91.8 Å². The van der Waals surface area contributed by atoms with E-state index in [9.17, 15) is 44.4 Å². The van der Waals surface area contributed by atoms with E-state index in [1.54, 1.807) is 105 Å². The van der Waals surface area contributed by atoms with Gasteiger partial charge in [0.05, 0.1) is 31.9 Å². The molecule has 1 aromatic heterocycles. The van der Waals surface area contributed by atoms with E-state index >= 15 is 38.4 Å². The van der Waals surface area contributed by atoms with Crippen molar-refractivity contribution in [2.24, 2.45) is 23.1 Å². The molecule has 13 amide bonds. The number of aromatic hydroxyl groups is 1. The number of carbonyl (C=O) groups is 13. The number of rotatable bonds is 33. The number of aliphatic hydroxyl groups excluding tert-OH is 3. The van der Waals surface area contributed by atoms with E-state index in [1.165, 1.54) is 40.0 Å². The molecule has 3 fully saturated rings. The summed E-state index contributed by atoms with van der Waals surface area (Å²) >= 11 is 0. The highest BCUT2D eigenvalue weighted by molar-refractivity contribution is 6.01. The Morgan fingerprint density at radius 3 is 1.54 bits per heavy atom. The fourth-order valence-electron chi connectivity index (χ4n) is 14.4. The van der Waals surface area contributed by atoms with Crippen LogP contribution in [0.3, 0.4) is 0 Å². The van der Waals surface area contributed by atoms with Crippen molar-refractivity contribution in [3.63, 3.8) is 0 Å². The molecule has 3 aliphatic rings.